The van der Waals surface area contributed by atoms with E-state index in [0.717, 1.165) is 76.2 Å². The molecule has 0 radical (unpaired) electrons. The third kappa shape index (κ3) is 6.27. The van der Waals surface area contributed by atoms with Crippen molar-refractivity contribution in [3.63, 3.8) is 0 Å². The summed E-state index contributed by atoms with van der Waals surface area (Å²) in [5, 5.41) is 16.3. The van der Waals surface area contributed by atoms with E-state index < -0.39 is 0 Å². The quantitative estimate of drug-likeness (QED) is 0.172. The lowest BCUT2D eigenvalue weighted by Gasteiger charge is -2.19. The van der Waals surface area contributed by atoms with Gasteiger partial charge in [0.2, 0.25) is 0 Å². The standard InChI is InChI=1S/C52H38N2O2S/c1-52(2,3)37-26-27-46(55)36(28-37)31-53-45-20-8-6-16-43(45)51-54-49-44(42-19-11-18-41-40-15-7-9-21-47(40)56-50(41)42)29-35(30-48(49)57-51)32-22-24-34(25-23-32)39-17-10-13-33-12-4-5-14-38(33)39/h4-31,55H,1-3H3. The first-order chi connectivity index (χ1) is 27.8. The molecule has 0 amide bonds. The largest absolute Gasteiger partial charge is 0.507 e. The van der Waals surface area contributed by atoms with Crippen molar-refractivity contribution < 1.29 is 9.52 Å². The molecule has 0 aliphatic heterocycles. The Bertz CT molecular complexity index is 3180. The minimum Gasteiger partial charge on any atom is -0.507 e. The predicted octanol–water partition coefficient (Wildman–Crippen LogP) is 14.8. The molecule has 2 aromatic heterocycles. The van der Waals surface area contributed by atoms with Gasteiger partial charge in [0.1, 0.15) is 21.9 Å². The second-order valence-electron chi connectivity index (χ2n) is 15.6. The van der Waals surface area contributed by atoms with Gasteiger partial charge in [-0.1, -0.05) is 142 Å². The highest BCUT2D eigenvalue weighted by Gasteiger charge is 2.20. The van der Waals surface area contributed by atoms with Crippen LogP contribution in [0.3, 0.4) is 0 Å². The summed E-state index contributed by atoms with van der Waals surface area (Å²) in [6.45, 7) is 6.50. The van der Waals surface area contributed by atoms with Gasteiger partial charge in [-0.3, -0.25) is 4.99 Å². The molecule has 10 rings (SSSR count). The van der Waals surface area contributed by atoms with Crippen molar-refractivity contribution in [3.8, 4) is 49.7 Å². The fourth-order valence-corrected chi connectivity index (χ4v) is 8.89. The first-order valence-corrected chi connectivity index (χ1v) is 20.0. The normalized spacial score (nSPS) is 12.1. The number of fused-ring (bicyclic) bond motifs is 5. The molecule has 0 atom stereocenters. The minimum atomic E-state index is -0.0583. The maximum absolute atomic E-state index is 10.7. The summed E-state index contributed by atoms with van der Waals surface area (Å²) in [6, 6.07) is 56.9. The summed E-state index contributed by atoms with van der Waals surface area (Å²) < 4.78 is 7.66. The molecule has 0 bridgehead atoms. The number of para-hydroxylation sites is 3. The van der Waals surface area contributed by atoms with Crippen LogP contribution < -0.4 is 0 Å². The van der Waals surface area contributed by atoms with Gasteiger partial charge in [-0.15, -0.1) is 11.3 Å². The van der Waals surface area contributed by atoms with Crippen molar-refractivity contribution in [2.24, 2.45) is 4.99 Å². The van der Waals surface area contributed by atoms with Crippen molar-refractivity contribution >= 4 is 66.2 Å². The molecule has 0 unspecified atom stereocenters. The summed E-state index contributed by atoms with van der Waals surface area (Å²) in [6.07, 6.45) is 1.75. The zero-order chi connectivity index (χ0) is 38.7. The maximum Gasteiger partial charge on any atom is 0.143 e. The molecule has 274 valence electrons. The summed E-state index contributed by atoms with van der Waals surface area (Å²) in [5.41, 5.74) is 12.7. The lowest BCUT2D eigenvalue weighted by Crippen LogP contribution is -2.11. The number of hydrogen-bond donors (Lipinski definition) is 1. The molecule has 0 aliphatic carbocycles. The smallest absolute Gasteiger partial charge is 0.143 e. The lowest BCUT2D eigenvalue weighted by molar-refractivity contribution is 0.473. The van der Waals surface area contributed by atoms with Crippen LogP contribution in [0.2, 0.25) is 0 Å². The number of thiazole rings is 1. The Morgan fingerprint density at radius 1 is 0.596 bits per heavy atom. The summed E-state index contributed by atoms with van der Waals surface area (Å²) in [4.78, 5) is 10.3. The predicted molar refractivity (Wildman–Crippen MR) is 240 cm³/mol. The topological polar surface area (TPSA) is 58.6 Å². The number of nitrogens with zero attached hydrogens (tertiary/aromatic N) is 2. The Balaban J connectivity index is 1.12. The molecule has 4 nitrogen and oxygen atoms in total. The Kier molecular flexibility index (Phi) is 8.35. The second kappa shape index (κ2) is 13.7. The van der Waals surface area contributed by atoms with Gasteiger partial charge < -0.3 is 9.52 Å². The molecule has 1 N–H and O–H groups in total. The monoisotopic (exact) mass is 754 g/mol. The molecule has 57 heavy (non-hydrogen) atoms. The number of phenols is 1. The van der Waals surface area contributed by atoms with E-state index in [1.807, 2.05) is 42.5 Å². The zero-order valence-electron chi connectivity index (χ0n) is 31.8. The Hall–Kier alpha value is -6.82. The van der Waals surface area contributed by atoms with Crippen molar-refractivity contribution in [2.45, 2.75) is 26.2 Å². The number of rotatable bonds is 6. The van der Waals surface area contributed by atoms with E-state index >= 15 is 0 Å². The van der Waals surface area contributed by atoms with Crippen molar-refractivity contribution in [3.05, 3.63) is 175 Å². The summed E-state index contributed by atoms with van der Waals surface area (Å²) in [7, 11) is 0. The van der Waals surface area contributed by atoms with Gasteiger partial charge in [0.25, 0.3) is 0 Å². The number of aromatic nitrogens is 1. The molecule has 0 saturated heterocycles. The number of hydrogen-bond acceptors (Lipinski definition) is 5. The van der Waals surface area contributed by atoms with Gasteiger partial charge in [0.15, 0.2) is 0 Å². The van der Waals surface area contributed by atoms with E-state index in [0.29, 0.717) is 5.56 Å². The molecule has 0 fully saturated rings. The number of aromatic hydroxyl groups is 1. The van der Waals surface area contributed by atoms with Crippen LogP contribution in [-0.2, 0) is 5.41 Å². The highest BCUT2D eigenvalue weighted by Crippen LogP contribution is 2.44. The Morgan fingerprint density at radius 3 is 2.14 bits per heavy atom. The number of benzene rings is 8. The minimum absolute atomic E-state index is 0.0583. The number of phenolic OH excluding ortho intramolecular Hbond substituents is 1. The fourth-order valence-electron chi connectivity index (χ4n) is 7.83. The van der Waals surface area contributed by atoms with E-state index in [4.69, 9.17) is 14.4 Å². The fraction of sp³-hybridized carbons (Fsp3) is 0.0769. The third-order valence-electron chi connectivity index (χ3n) is 10.9. The number of furan rings is 1. The second-order valence-corrected chi connectivity index (χ2v) is 16.6. The maximum atomic E-state index is 10.7. The van der Waals surface area contributed by atoms with E-state index in [-0.39, 0.29) is 11.2 Å². The molecular weight excluding hydrogens is 717 g/mol. The molecule has 0 aliphatic rings. The van der Waals surface area contributed by atoms with E-state index in [1.54, 1.807) is 23.6 Å². The van der Waals surface area contributed by atoms with Gasteiger partial charge in [-0.2, -0.15) is 0 Å². The zero-order valence-corrected chi connectivity index (χ0v) is 32.6. The van der Waals surface area contributed by atoms with Crippen LogP contribution in [0.15, 0.2) is 173 Å². The van der Waals surface area contributed by atoms with Gasteiger partial charge >= 0.3 is 0 Å². The average Bonchev–Trinajstić information content (AvgIpc) is 3.85. The van der Waals surface area contributed by atoms with Crippen LogP contribution in [0.4, 0.5) is 5.69 Å². The molecule has 0 saturated carbocycles. The van der Waals surface area contributed by atoms with Crippen LogP contribution in [0.1, 0.15) is 31.9 Å². The molecule has 0 spiro atoms. The van der Waals surface area contributed by atoms with Gasteiger partial charge in [0, 0.05) is 39.2 Å². The van der Waals surface area contributed by atoms with Gasteiger partial charge in [-0.25, -0.2) is 4.98 Å². The van der Waals surface area contributed by atoms with Crippen LogP contribution in [-0.4, -0.2) is 16.3 Å². The first kappa shape index (κ1) is 34.7. The van der Waals surface area contributed by atoms with Crippen molar-refractivity contribution in [2.75, 3.05) is 0 Å². The highest BCUT2D eigenvalue weighted by atomic mass is 32.1. The molecule has 8 aromatic carbocycles. The average molecular weight is 755 g/mol. The van der Waals surface area contributed by atoms with E-state index in [1.165, 1.54) is 21.9 Å². The Morgan fingerprint density at radius 2 is 1.28 bits per heavy atom. The van der Waals surface area contributed by atoms with Crippen molar-refractivity contribution in [1.29, 1.82) is 0 Å². The molecule has 2 heterocycles. The summed E-state index contributed by atoms with van der Waals surface area (Å²) >= 11 is 1.66. The highest BCUT2D eigenvalue weighted by molar-refractivity contribution is 7.21. The van der Waals surface area contributed by atoms with Crippen LogP contribution >= 0.6 is 11.3 Å². The van der Waals surface area contributed by atoms with Gasteiger partial charge in [-0.05, 0) is 86.5 Å². The first-order valence-electron chi connectivity index (χ1n) is 19.2. The van der Waals surface area contributed by atoms with E-state index in [9.17, 15) is 5.11 Å². The van der Waals surface area contributed by atoms with Crippen LogP contribution in [0, 0.1) is 0 Å². The Labute approximate surface area is 335 Å². The third-order valence-corrected chi connectivity index (χ3v) is 11.9. The van der Waals surface area contributed by atoms with Gasteiger partial charge in [0.05, 0.1) is 15.9 Å². The lowest BCUT2D eigenvalue weighted by atomic mass is 9.86. The van der Waals surface area contributed by atoms with Crippen molar-refractivity contribution in [1.82, 2.24) is 4.98 Å². The molecule has 10 aromatic rings. The van der Waals surface area contributed by atoms with E-state index in [2.05, 4.69) is 136 Å². The van der Waals surface area contributed by atoms with Crippen LogP contribution in [0.5, 0.6) is 5.75 Å². The number of aliphatic imine (C=N–C) groups is 1. The molecule has 5 heteroatoms. The van der Waals surface area contributed by atoms with Crippen LogP contribution in [0.25, 0.3) is 86.9 Å². The summed E-state index contributed by atoms with van der Waals surface area (Å²) in [5.74, 6) is 0.200. The molecular formula is C52H38N2O2S. The SMILES string of the molecule is CC(C)(C)c1ccc(O)c(C=Nc2ccccc2-c2nc3c(-c4cccc5c4oc4ccccc45)cc(-c4ccc(-c5cccc6ccccc56)cc4)cc3s2)c1.